The molecular weight excluding hydrogens is 298 g/mol. The molecule has 0 aliphatic rings. The van der Waals surface area contributed by atoms with E-state index in [2.05, 4.69) is 60.8 Å². The fourth-order valence-electron chi connectivity index (χ4n) is 2.80. The molecule has 128 valence electrons. The van der Waals surface area contributed by atoms with Gasteiger partial charge in [0.2, 0.25) is 0 Å². The average molecular weight is 325 g/mol. The van der Waals surface area contributed by atoms with E-state index in [9.17, 15) is 4.79 Å². The number of rotatable bonds is 7. The van der Waals surface area contributed by atoms with Crippen molar-refractivity contribution in [2.24, 2.45) is 5.41 Å². The van der Waals surface area contributed by atoms with Gasteiger partial charge in [-0.1, -0.05) is 54.6 Å². The van der Waals surface area contributed by atoms with E-state index in [0.717, 1.165) is 6.54 Å². The highest BCUT2D eigenvalue weighted by Gasteiger charge is 2.26. The summed E-state index contributed by atoms with van der Waals surface area (Å²) in [5.41, 5.74) is 0.823. The van der Waals surface area contributed by atoms with Crippen LogP contribution in [0, 0.1) is 5.41 Å². The fraction of sp³-hybridized carbons (Fsp3) is 0.381. The third-order valence-corrected chi connectivity index (χ3v) is 4.36. The van der Waals surface area contributed by atoms with Crippen LogP contribution in [0.3, 0.4) is 0 Å². The van der Waals surface area contributed by atoms with Gasteiger partial charge in [0, 0.05) is 12.6 Å². The topological polar surface area (TPSA) is 38.3 Å². The normalized spacial score (nSPS) is 13.3. The van der Waals surface area contributed by atoms with Crippen LogP contribution in [0.2, 0.25) is 0 Å². The zero-order valence-corrected chi connectivity index (χ0v) is 15.0. The second kappa shape index (κ2) is 8.11. The number of hydrogen-bond donors (Lipinski definition) is 1. The van der Waals surface area contributed by atoms with Gasteiger partial charge in [-0.05, 0) is 43.5 Å². The third kappa shape index (κ3) is 4.45. The third-order valence-electron chi connectivity index (χ3n) is 4.36. The summed E-state index contributed by atoms with van der Waals surface area (Å²) in [7, 11) is 1.43. The summed E-state index contributed by atoms with van der Waals surface area (Å²) >= 11 is 0. The van der Waals surface area contributed by atoms with E-state index in [-0.39, 0.29) is 12.0 Å². The Kier molecular flexibility index (Phi) is 6.16. The zero-order valence-electron chi connectivity index (χ0n) is 15.0. The molecule has 3 nitrogen and oxygen atoms in total. The minimum atomic E-state index is -0.480. The molecule has 0 aliphatic heterocycles. The second-order valence-corrected chi connectivity index (χ2v) is 6.75. The Hall–Kier alpha value is -2.13. The Morgan fingerprint density at radius 3 is 2.62 bits per heavy atom. The van der Waals surface area contributed by atoms with Crippen molar-refractivity contribution in [2.75, 3.05) is 13.7 Å². The Morgan fingerprint density at radius 2 is 1.88 bits per heavy atom. The van der Waals surface area contributed by atoms with Gasteiger partial charge >= 0.3 is 5.97 Å². The van der Waals surface area contributed by atoms with Gasteiger partial charge in [-0.2, -0.15) is 0 Å². The van der Waals surface area contributed by atoms with Crippen molar-refractivity contribution in [1.29, 1.82) is 0 Å². The molecule has 2 rings (SSSR count). The summed E-state index contributed by atoms with van der Waals surface area (Å²) in [6.07, 6.45) is 4.79. The molecule has 24 heavy (non-hydrogen) atoms. The number of carbonyl (C=O) groups is 1. The highest BCUT2D eigenvalue weighted by atomic mass is 16.5. The molecule has 1 N–H and O–H groups in total. The predicted molar refractivity (Wildman–Crippen MR) is 99.9 cm³/mol. The van der Waals surface area contributed by atoms with E-state index in [1.807, 2.05) is 19.9 Å². The van der Waals surface area contributed by atoms with Gasteiger partial charge in [-0.15, -0.1) is 0 Å². The Balaban J connectivity index is 1.92. The van der Waals surface area contributed by atoms with Crippen LogP contribution in [0.1, 0.15) is 38.8 Å². The first-order valence-electron chi connectivity index (χ1n) is 8.40. The van der Waals surface area contributed by atoms with Crippen molar-refractivity contribution in [1.82, 2.24) is 5.32 Å². The summed E-state index contributed by atoms with van der Waals surface area (Å²) in [5.74, 6) is -0.177. The van der Waals surface area contributed by atoms with Crippen molar-refractivity contribution in [2.45, 2.75) is 33.2 Å². The molecule has 0 unspecified atom stereocenters. The molecule has 0 bridgehead atoms. The number of carbonyl (C=O) groups excluding carboxylic acids is 1. The quantitative estimate of drug-likeness (QED) is 0.595. The van der Waals surface area contributed by atoms with Crippen molar-refractivity contribution >= 4 is 16.7 Å². The lowest BCUT2D eigenvalue weighted by Crippen LogP contribution is -2.25. The maximum atomic E-state index is 11.6. The van der Waals surface area contributed by atoms with Crippen LogP contribution < -0.4 is 5.32 Å². The van der Waals surface area contributed by atoms with Crippen LogP contribution >= 0.6 is 0 Å². The molecule has 0 fully saturated rings. The number of esters is 1. The molecule has 3 heteroatoms. The van der Waals surface area contributed by atoms with E-state index in [1.165, 1.54) is 23.4 Å². The molecule has 0 spiro atoms. The van der Waals surface area contributed by atoms with Crippen LogP contribution in [0.5, 0.6) is 0 Å². The summed E-state index contributed by atoms with van der Waals surface area (Å²) < 4.78 is 4.82. The number of methoxy groups -OCH3 is 1. The lowest BCUT2D eigenvalue weighted by atomic mass is 9.89. The van der Waals surface area contributed by atoms with Gasteiger partial charge in [0.1, 0.15) is 0 Å². The Labute approximate surface area is 144 Å². The van der Waals surface area contributed by atoms with Gasteiger partial charge in [0.15, 0.2) is 0 Å². The Bertz CT molecular complexity index is 713. The van der Waals surface area contributed by atoms with Crippen LogP contribution in [0.4, 0.5) is 0 Å². The minimum absolute atomic E-state index is 0.177. The van der Waals surface area contributed by atoms with Gasteiger partial charge in [-0.25, -0.2) is 0 Å². The summed E-state index contributed by atoms with van der Waals surface area (Å²) in [4.78, 5) is 11.6. The maximum Gasteiger partial charge on any atom is 0.311 e. The summed E-state index contributed by atoms with van der Waals surface area (Å²) in [6, 6.07) is 15.1. The number of benzene rings is 2. The minimum Gasteiger partial charge on any atom is -0.469 e. The summed E-state index contributed by atoms with van der Waals surface area (Å²) in [5, 5.41) is 6.07. The van der Waals surface area contributed by atoms with Crippen molar-refractivity contribution < 1.29 is 9.53 Å². The van der Waals surface area contributed by atoms with E-state index >= 15 is 0 Å². The predicted octanol–water partition coefficient (Wildman–Crippen LogP) is 4.64. The maximum absolute atomic E-state index is 11.6. The molecule has 2 aromatic carbocycles. The lowest BCUT2D eigenvalue weighted by Gasteiger charge is -2.19. The van der Waals surface area contributed by atoms with Crippen LogP contribution in [-0.4, -0.2) is 19.6 Å². The molecule has 0 saturated heterocycles. The smallest absolute Gasteiger partial charge is 0.311 e. The van der Waals surface area contributed by atoms with Crippen molar-refractivity contribution in [3.8, 4) is 0 Å². The standard InChI is InChI=1S/C21H27NO2/c1-16(18-13-9-11-17-10-5-6-12-19(17)18)22-15-8-7-14-21(2,3)20(23)24-4/h5-13,16,22H,14-15H2,1-4H3/b8-7+/t16-/m1/s1. The van der Waals surface area contributed by atoms with Crippen LogP contribution in [0.25, 0.3) is 10.8 Å². The molecule has 0 amide bonds. The molecule has 0 saturated carbocycles. The second-order valence-electron chi connectivity index (χ2n) is 6.75. The number of fused-ring (bicyclic) bond motifs is 1. The zero-order chi connectivity index (χ0) is 17.6. The van der Waals surface area contributed by atoms with Crippen molar-refractivity contribution in [3.05, 3.63) is 60.2 Å². The number of ether oxygens (including phenoxy) is 1. The van der Waals surface area contributed by atoms with E-state index in [1.54, 1.807) is 0 Å². The SMILES string of the molecule is COC(=O)C(C)(C)C/C=C/CN[C@H](C)c1cccc2ccccc12. The molecule has 0 aromatic heterocycles. The number of allylic oxidation sites excluding steroid dienone is 1. The van der Waals surface area contributed by atoms with Gasteiger partial charge in [0.05, 0.1) is 12.5 Å². The van der Waals surface area contributed by atoms with E-state index in [4.69, 9.17) is 4.74 Å². The largest absolute Gasteiger partial charge is 0.469 e. The van der Waals surface area contributed by atoms with E-state index < -0.39 is 5.41 Å². The number of nitrogens with one attached hydrogen (secondary N) is 1. The van der Waals surface area contributed by atoms with E-state index in [0.29, 0.717) is 6.42 Å². The monoisotopic (exact) mass is 325 g/mol. The molecule has 0 radical (unpaired) electrons. The number of hydrogen-bond acceptors (Lipinski definition) is 3. The first-order valence-corrected chi connectivity index (χ1v) is 8.40. The molecule has 0 heterocycles. The fourth-order valence-corrected chi connectivity index (χ4v) is 2.80. The van der Waals surface area contributed by atoms with Crippen LogP contribution in [-0.2, 0) is 9.53 Å². The average Bonchev–Trinajstić information content (AvgIpc) is 2.59. The first kappa shape index (κ1) is 18.2. The molecular formula is C21H27NO2. The molecule has 1 atom stereocenters. The van der Waals surface area contributed by atoms with Gasteiger partial charge in [-0.3, -0.25) is 4.79 Å². The van der Waals surface area contributed by atoms with Gasteiger partial charge in [0.25, 0.3) is 0 Å². The Morgan fingerprint density at radius 1 is 1.17 bits per heavy atom. The first-order chi connectivity index (χ1) is 11.5. The lowest BCUT2D eigenvalue weighted by molar-refractivity contribution is -0.150. The van der Waals surface area contributed by atoms with Crippen molar-refractivity contribution in [3.63, 3.8) is 0 Å². The highest BCUT2D eigenvalue weighted by molar-refractivity contribution is 5.86. The van der Waals surface area contributed by atoms with Crippen LogP contribution in [0.15, 0.2) is 54.6 Å². The van der Waals surface area contributed by atoms with Gasteiger partial charge < -0.3 is 10.1 Å². The summed E-state index contributed by atoms with van der Waals surface area (Å²) in [6.45, 7) is 6.74. The molecule has 0 aliphatic carbocycles. The molecule has 2 aromatic rings. The highest BCUT2D eigenvalue weighted by Crippen LogP contribution is 2.24.